The highest BCUT2D eigenvalue weighted by Crippen LogP contribution is 2.21. The van der Waals surface area contributed by atoms with Gasteiger partial charge in [0.1, 0.15) is 6.10 Å². The van der Waals surface area contributed by atoms with Crippen LogP contribution in [-0.2, 0) is 6.42 Å². The van der Waals surface area contributed by atoms with E-state index in [0.29, 0.717) is 5.88 Å². The molecule has 0 amide bonds. The van der Waals surface area contributed by atoms with Crippen molar-refractivity contribution in [3.8, 4) is 5.88 Å². The van der Waals surface area contributed by atoms with Gasteiger partial charge in [0.05, 0.1) is 11.9 Å². The van der Waals surface area contributed by atoms with Crippen molar-refractivity contribution < 1.29 is 4.74 Å². The molecule has 0 aromatic carbocycles. The van der Waals surface area contributed by atoms with Gasteiger partial charge in [0, 0.05) is 7.05 Å². The maximum atomic E-state index is 5.80. The predicted molar refractivity (Wildman–Crippen MR) is 66.0 cm³/mol. The normalized spacial score (nSPS) is 10.6. The van der Waals surface area contributed by atoms with E-state index in [-0.39, 0.29) is 6.10 Å². The molecule has 1 rings (SSSR count). The molecule has 0 saturated carbocycles. The van der Waals surface area contributed by atoms with Gasteiger partial charge < -0.3 is 10.1 Å². The van der Waals surface area contributed by atoms with Crippen LogP contribution in [0.2, 0.25) is 0 Å². The Labute approximate surface area is 97.5 Å². The first kappa shape index (κ1) is 12.7. The van der Waals surface area contributed by atoms with E-state index < -0.39 is 0 Å². The van der Waals surface area contributed by atoms with Crippen LogP contribution in [0.3, 0.4) is 0 Å². The molecule has 0 saturated heterocycles. The van der Waals surface area contributed by atoms with Gasteiger partial charge in [-0.05, 0) is 19.3 Å². The largest absolute Gasteiger partial charge is 0.472 e. The van der Waals surface area contributed by atoms with Crippen LogP contribution in [0.1, 0.15) is 39.3 Å². The molecule has 1 aromatic rings. The van der Waals surface area contributed by atoms with Gasteiger partial charge in [-0.1, -0.05) is 20.8 Å². The molecule has 16 heavy (non-hydrogen) atoms. The minimum absolute atomic E-state index is 0.217. The fourth-order valence-electron chi connectivity index (χ4n) is 1.45. The lowest BCUT2D eigenvalue weighted by atomic mass is 10.2. The highest BCUT2D eigenvalue weighted by molar-refractivity contribution is 5.45. The average Bonchev–Trinajstić information content (AvgIpc) is 2.35. The molecule has 0 aliphatic rings. The summed E-state index contributed by atoms with van der Waals surface area (Å²) in [6, 6.07) is 0. The van der Waals surface area contributed by atoms with E-state index in [1.54, 1.807) is 6.20 Å². The predicted octanol–water partition coefficient (Wildman–Crippen LogP) is 2.65. The number of hydrogen-bond acceptors (Lipinski definition) is 4. The van der Waals surface area contributed by atoms with Gasteiger partial charge >= 0.3 is 0 Å². The van der Waals surface area contributed by atoms with Crippen LogP contribution in [0, 0.1) is 0 Å². The van der Waals surface area contributed by atoms with E-state index in [4.69, 9.17) is 4.74 Å². The van der Waals surface area contributed by atoms with E-state index in [1.165, 1.54) is 0 Å². The molecular formula is C12H21N3O. The highest BCUT2D eigenvalue weighted by Gasteiger charge is 2.11. The van der Waals surface area contributed by atoms with E-state index in [9.17, 15) is 0 Å². The van der Waals surface area contributed by atoms with E-state index >= 15 is 0 Å². The van der Waals surface area contributed by atoms with Crippen molar-refractivity contribution in [1.82, 2.24) is 9.97 Å². The molecule has 4 heteroatoms. The summed E-state index contributed by atoms with van der Waals surface area (Å²) in [5, 5.41) is 3.03. The number of aromatic nitrogens is 2. The summed E-state index contributed by atoms with van der Waals surface area (Å²) >= 11 is 0. The third kappa shape index (κ3) is 3.08. The van der Waals surface area contributed by atoms with Gasteiger partial charge in [0.15, 0.2) is 5.82 Å². The molecule has 1 N–H and O–H groups in total. The second kappa shape index (κ2) is 6.30. The fraction of sp³-hybridized carbons (Fsp3) is 0.667. The first-order valence-electron chi connectivity index (χ1n) is 5.95. The molecule has 4 nitrogen and oxygen atoms in total. The Balaban J connectivity index is 2.86. The average molecular weight is 223 g/mol. The summed E-state index contributed by atoms with van der Waals surface area (Å²) in [5.41, 5.74) is 0.973. The molecular weight excluding hydrogens is 202 g/mol. The Hall–Kier alpha value is -1.32. The van der Waals surface area contributed by atoms with Crippen molar-refractivity contribution in [2.24, 2.45) is 0 Å². The molecule has 0 spiro atoms. The number of ether oxygens (including phenoxy) is 1. The molecule has 0 fully saturated rings. The number of nitrogens with one attached hydrogen (secondary N) is 1. The van der Waals surface area contributed by atoms with Crippen molar-refractivity contribution in [2.75, 3.05) is 12.4 Å². The molecule has 0 aliphatic carbocycles. The van der Waals surface area contributed by atoms with Gasteiger partial charge in [0.2, 0.25) is 0 Å². The number of aryl methyl sites for hydroxylation is 1. The fourth-order valence-corrected chi connectivity index (χ4v) is 1.45. The van der Waals surface area contributed by atoms with Gasteiger partial charge in [0.25, 0.3) is 5.88 Å². The second-order valence-electron chi connectivity index (χ2n) is 3.68. The van der Waals surface area contributed by atoms with Gasteiger partial charge in [-0.15, -0.1) is 0 Å². The Bertz CT molecular complexity index is 324. The van der Waals surface area contributed by atoms with E-state index in [0.717, 1.165) is 30.8 Å². The van der Waals surface area contributed by atoms with Crippen molar-refractivity contribution in [3.63, 3.8) is 0 Å². The molecule has 0 unspecified atom stereocenters. The summed E-state index contributed by atoms with van der Waals surface area (Å²) in [5.74, 6) is 1.33. The van der Waals surface area contributed by atoms with Crippen LogP contribution in [0.5, 0.6) is 5.88 Å². The standard InChI is InChI=1S/C12H21N3O/c1-5-9-8-14-12(11(13-4)15-9)16-10(6-2)7-3/h8,10H,5-7H2,1-4H3,(H,13,15). The van der Waals surface area contributed by atoms with Gasteiger partial charge in [-0.2, -0.15) is 0 Å². The van der Waals surface area contributed by atoms with Crippen LogP contribution in [-0.4, -0.2) is 23.1 Å². The Morgan fingerprint density at radius 1 is 1.31 bits per heavy atom. The minimum atomic E-state index is 0.217. The zero-order valence-corrected chi connectivity index (χ0v) is 10.6. The van der Waals surface area contributed by atoms with E-state index in [2.05, 4.69) is 36.1 Å². The molecule has 0 bridgehead atoms. The van der Waals surface area contributed by atoms with Crippen LogP contribution in [0.25, 0.3) is 0 Å². The third-order valence-corrected chi connectivity index (χ3v) is 2.58. The lowest BCUT2D eigenvalue weighted by Gasteiger charge is -2.16. The molecule has 0 aliphatic heterocycles. The number of hydrogen-bond donors (Lipinski definition) is 1. The third-order valence-electron chi connectivity index (χ3n) is 2.58. The van der Waals surface area contributed by atoms with Crippen molar-refractivity contribution >= 4 is 5.82 Å². The Kier molecular flexibility index (Phi) is 5.02. The van der Waals surface area contributed by atoms with Crippen molar-refractivity contribution in [3.05, 3.63) is 11.9 Å². The lowest BCUT2D eigenvalue weighted by Crippen LogP contribution is -2.16. The zero-order valence-electron chi connectivity index (χ0n) is 10.6. The van der Waals surface area contributed by atoms with Crippen LogP contribution >= 0.6 is 0 Å². The first-order chi connectivity index (χ1) is 7.74. The number of nitrogens with zero attached hydrogens (tertiary/aromatic N) is 2. The Morgan fingerprint density at radius 3 is 2.50 bits per heavy atom. The first-order valence-corrected chi connectivity index (χ1v) is 5.95. The molecule has 0 radical (unpaired) electrons. The SMILES string of the molecule is CCc1cnc(OC(CC)CC)c(NC)n1. The summed E-state index contributed by atoms with van der Waals surface area (Å²) in [6.07, 6.45) is 4.84. The van der Waals surface area contributed by atoms with Crippen molar-refractivity contribution in [1.29, 1.82) is 0 Å². The van der Waals surface area contributed by atoms with Gasteiger partial charge in [-0.25, -0.2) is 9.97 Å². The summed E-state index contributed by atoms with van der Waals surface area (Å²) < 4.78 is 5.80. The second-order valence-corrected chi connectivity index (χ2v) is 3.68. The molecule has 90 valence electrons. The molecule has 1 aromatic heterocycles. The summed E-state index contributed by atoms with van der Waals surface area (Å²) in [6.45, 7) is 6.28. The maximum Gasteiger partial charge on any atom is 0.257 e. The van der Waals surface area contributed by atoms with Crippen molar-refractivity contribution in [2.45, 2.75) is 46.1 Å². The summed E-state index contributed by atoms with van der Waals surface area (Å²) in [7, 11) is 1.84. The quantitative estimate of drug-likeness (QED) is 0.805. The number of anilines is 1. The maximum absolute atomic E-state index is 5.80. The molecule has 1 heterocycles. The zero-order chi connectivity index (χ0) is 12.0. The number of rotatable bonds is 6. The monoisotopic (exact) mass is 223 g/mol. The van der Waals surface area contributed by atoms with Crippen LogP contribution in [0.4, 0.5) is 5.82 Å². The van der Waals surface area contributed by atoms with Gasteiger partial charge in [-0.3, -0.25) is 0 Å². The molecule has 0 atom stereocenters. The van der Waals surface area contributed by atoms with Crippen LogP contribution < -0.4 is 10.1 Å². The lowest BCUT2D eigenvalue weighted by molar-refractivity contribution is 0.185. The van der Waals surface area contributed by atoms with Crippen LogP contribution in [0.15, 0.2) is 6.20 Å². The smallest absolute Gasteiger partial charge is 0.257 e. The minimum Gasteiger partial charge on any atom is -0.472 e. The topological polar surface area (TPSA) is 47.0 Å². The summed E-state index contributed by atoms with van der Waals surface area (Å²) in [4.78, 5) is 8.74. The Morgan fingerprint density at radius 2 is 2.00 bits per heavy atom. The van der Waals surface area contributed by atoms with E-state index in [1.807, 2.05) is 7.05 Å². The highest BCUT2D eigenvalue weighted by atomic mass is 16.5.